The van der Waals surface area contributed by atoms with Gasteiger partial charge in [-0.3, -0.25) is 9.59 Å². The molecule has 2 N–H and O–H groups in total. The highest BCUT2D eigenvalue weighted by Crippen LogP contribution is 2.29. The zero-order chi connectivity index (χ0) is 32.0. The molecule has 2 rings (SSSR count). The van der Waals surface area contributed by atoms with Gasteiger partial charge in [0.2, 0.25) is 0 Å². The molecule has 6 atom stereocenters. The molecule has 6 unspecified atom stereocenters. The highest BCUT2D eigenvalue weighted by molar-refractivity contribution is 5.83. The molecule has 0 aromatic carbocycles. The third kappa shape index (κ3) is 17.2. The molecular formula is C37H64O7. The molecule has 7 nitrogen and oxygen atoms in total. The van der Waals surface area contributed by atoms with Gasteiger partial charge in [-0.1, -0.05) is 76.9 Å². The maximum Gasteiger partial charge on any atom is 0.309 e. The number of cyclic esters (lactones) is 1. The number of carbonyl (C=O) groups excluding carboxylic acids is 3. The van der Waals surface area contributed by atoms with E-state index in [1.54, 1.807) is 0 Å². The van der Waals surface area contributed by atoms with Crippen LogP contribution in [0.5, 0.6) is 0 Å². The lowest BCUT2D eigenvalue weighted by Gasteiger charge is -2.22. The fraction of sp³-hybridized carbons (Fsp3) is 0.865. The SMILES string of the molecule is CCCCCCCCCC/C=C\CCC(O)C1CCC(C(O)CCCCCC(=O)CCCCC2CC(CC(C)=O)C(=O)O2)O1. The number of aliphatic hydroxyl groups excluding tert-OH is 2. The second-order valence-corrected chi connectivity index (χ2v) is 13.5. The highest BCUT2D eigenvalue weighted by Gasteiger charge is 2.35. The molecule has 2 fully saturated rings. The van der Waals surface area contributed by atoms with E-state index in [0.29, 0.717) is 32.1 Å². The lowest BCUT2D eigenvalue weighted by Crippen LogP contribution is -2.31. The number of ketones is 2. The van der Waals surface area contributed by atoms with Crippen LogP contribution in [-0.2, 0) is 23.9 Å². The molecule has 0 aliphatic carbocycles. The van der Waals surface area contributed by atoms with E-state index in [1.807, 2.05) is 0 Å². The minimum Gasteiger partial charge on any atom is -0.462 e. The van der Waals surface area contributed by atoms with Crippen molar-refractivity contribution in [2.45, 2.75) is 198 Å². The summed E-state index contributed by atoms with van der Waals surface area (Å²) in [5.41, 5.74) is 0. The highest BCUT2D eigenvalue weighted by atomic mass is 16.6. The van der Waals surface area contributed by atoms with E-state index in [9.17, 15) is 24.6 Å². The Balaban J connectivity index is 1.42. The molecule has 0 bridgehead atoms. The minimum absolute atomic E-state index is 0.0153. The van der Waals surface area contributed by atoms with Gasteiger partial charge in [-0.05, 0) is 84.0 Å². The smallest absolute Gasteiger partial charge is 0.309 e. The average molecular weight is 621 g/mol. The van der Waals surface area contributed by atoms with Gasteiger partial charge >= 0.3 is 5.97 Å². The van der Waals surface area contributed by atoms with E-state index in [1.165, 1.54) is 58.3 Å². The maximum atomic E-state index is 12.3. The van der Waals surface area contributed by atoms with E-state index >= 15 is 0 Å². The Bertz CT molecular complexity index is 825. The predicted octanol–water partition coefficient (Wildman–Crippen LogP) is 8.11. The molecule has 0 aromatic heterocycles. The average Bonchev–Trinajstić information content (AvgIpc) is 3.62. The van der Waals surface area contributed by atoms with Crippen LogP contribution in [0.15, 0.2) is 12.2 Å². The Hall–Kier alpha value is -1.57. The van der Waals surface area contributed by atoms with Crippen molar-refractivity contribution in [1.29, 1.82) is 0 Å². The van der Waals surface area contributed by atoms with Crippen molar-refractivity contribution >= 4 is 17.5 Å². The van der Waals surface area contributed by atoms with Crippen molar-refractivity contribution in [2.75, 3.05) is 0 Å². The van der Waals surface area contributed by atoms with Crippen LogP contribution in [-0.4, -0.2) is 58.3 Å². The number of Topliss-reactive ketones (excluding diaryl/α,β-unsaturated/α-hetero) is 2. The fourth-order valence-corrected chi connectivity index (χ4v) is 6.61. The van der Waals surface area contributed by atoms with Crippen LogP contribution in [0.2, 0.25) is 0 Å². The van der Waals surface area contributed by atoms with Crippen LogP contribution in [0, 0.1) is 5.92 Å². The summed E-state index contributed by atoms with van der Waals surface area (Å²) in [5.74, 6) is -0.271. The van der Waals surface area contributed by atoms with Crippen molar-refractivity contribution in [3.8, 4) is 0 Å². The van der Waals surface area contributed by atoms with Crippen molar-refractivity contribution in [3.05, 3.63) is 12.2 Å². The number of esters is 1. The van der Waals surface area contributed by atoms with Crippen molar-refractivity contribution in [1.82, 2.24) is 0 Å². The Labute approximate surface area is 267 Å². The summed E-state index contributed by atoms with van der Waals surface area (Å²) in [6.07, 6.45) is 25.6. The largest absolute Gasteiger partial charge is 0.462 e. The van der Waals surface area contributed by atoms with Gasteiger partial charge in [-0.2, -0.15) is 0 Å². The Kier molecular flexibility index (Phi) is 20.8. The molecule has 0 saturated carbocycles. The van der Waals surface area contributed by atoms with Crippen molar-refractivity contribution in [3.63, 3.8) is 0 Å². The third-order valence-electron chi connectivity index (χ3n) is 9.35. The van der Waals surface area contributed by atoms with Gasteiger partial charge in [0.25, 0.3) is 0 Å². The molecule has 2 aliphatic rings. The number of ether oxygens (including phenoxy) is 2. The number of allylic oxidation sites excluding steroid dienone is 2. The van der Waals surface area contributed by atoms with Gasteiger partial charge in [-0.25, -0.2) is 0 Å². The van der Waals surface area contributed by atoms with E-state index in [0.717, 1.165) is 64.2 Å². The second kappa shape index (κ2) is 23.7. The quantitative estimate of drug-likeness (QED) is 0.0542. The third-order valence-corrected chi connectivity index (χ3v) is 9.35. The van der Waals surface area contributed by atoms with Gasteiger partial charge in [0.05, 0.1) is 30.3 Å². The molecule has 0 spiro atoms. The number of hydrogen-bond donors (Lipinski definition) is 2. The van der Waals surface area contributed by atoms with Gasteiger partial charge in [0, 0.05) is 19.3 Å². The summed E-state index contributed by atoms with van der Waals surface area (Å²) in [7, 11) is 0. The van der Waals surface area contributed by atoms with Crippen LogP contribution < -0.4 is 0 Å². The monoisotopic (exact) mass is 620 g/mol. The molecule has 254 valence electrons. The van der Waals surface area contributed by atoms with Gasteiger partial charge < -0.3 is 24.5 Å². The summed E-state index contributed by atoms with van der Waals surface area (Å²) >= 11 is 0. The van der Waals surface area contributed by atoms with Crippen molar-refractivity contribution in [2.24, 2.45) is 5.92 Å². The first-order chi connectivity index (χ1) is 21.3. The predicted molar refractivity (Wildman–Crippen MR) is 175 cm³/mol. The fourth-order valence-electron chi connectivity index (χ4n) is 6.61. The maximum absolute atomic E-state index is 12.3. The number of rotatable bonds is 27. The summed E-state index contributed by atoms with van der Waals surface area (Å²) in [6, 6.07) is 0. The number of hydrogen-bond acceptors (Lipinski definition) is 7. The second-order valence-electron chi connectivity index (χ2n) is 13.5. The van der Waals surface area contributed by atoms with Gasteiger partial charge in [0.15, 0.2) is 0 Å². The molecule has 0 amide bonds. The normalized spacial score (nSPS) is 23.3. The first kappa shape index (κ1) is 38.6. The zero-order valence-electron chi connectivity index (χ0n) is 28.0. The number of carbonyl (C=O) groups is 3. The molecule has 44 heavy (non-hydrogen) atoms. The molecule has 2 aliphatic heterocycles. The zero-order valence-corrected chi connectivity index (χ0v) is 28.0. The first-order valence-electron chi connectivity index (χ1n) is 18.2. The lowest BCUT2D eigenvalue weighted by molar-refractivity contribution is -0.145. The number of aliphatic hydroxyl groups is 2. The number of unbranched alkanes of at least 4 members (excludes halogenated alkanes) is 11. The molecule has 2 saturated heterocycles. The lowest BCUT2D eigenvalue weighted by atomic mass is 9.96. The Morgan fingerprint density at radius 3 is 2.07 bits per heavy atom. The van der Waals surface area contributed by atoms with Crippen LogP contribution in [0.3, 0.4) is 0 Å². The van der Waals surface area contributed by atoms with Crippen molar-refractivity contribution < 1.29 is 34.1 Å². The summed E-state index contributed by atoms with van der Waals surface area (Å²) in [4.78, 5) is 35.3. The van der Waals surface area contributed by atoms with Crippen LogP contribution in [0.25, 0.3) is 0 Å². The van der Waals surface area contributed by atoms with Crippen LogP contribution >= 0.6 is 0 Å². The van der Waals surface area contributed by atoms with Crippen LogP contribution in [0.4, 0.5) is 0 Å². The Morgan fingerprint density at radius 2 is 1.39 bits per heavy atom. The molecule has 7 heteroatoms. The molecule has 0 radical (unpaired) electrons. The summed E-state index contributed by atoms with van der Waals surface area (Å²) in [5, 5.41) is 21.2. The topological polar surface area (TPSA) is 110 Å². The van der Waals surface area contributed by atoms with E-state index in [-0.39, 0.29) is 48.2 Å². The Morgan fingerprint density at radius 1 is 0.795 bits per heavy atom. The van der Waals surface area contributed by atoms with E-state index in [2.05, 4.69) is 19.1 Å². The molecular weight excluding hydrogens is 556 g/mol. The molecule has 0 aromatic rings. The van der Waals surface area contributed by atoms with Gasteiger partial charge in [-0.15, -0.1) is 0 Å². The molecule has 2 heterocycles. The minimum atomic E-state index is -0.519. The van der Waals surface area contributed by atoms with E-state index < -0.39 is 12.2 Å². The van der Waals surface area contributed by atoms with E-state index in [4.69, 9.17) is 9.47 Å². The summed E-state index contributed by atoms with van der Waals surface area (Å²) < 4.78 is 11.4. The summed E-state index contributed by atoms with van der Waals surface area (Å²) in [6.45, 7) is 3.76. The first-order valence-corrected chi connectivity index (χ1v) is 18.2. The standard InChI is InChI=1S/C37H64O7/c1-3-4-5-6-7-8-9-10-11-12-13-16-23-33(40)35-25-26-36(44-35)34(41)24-17-14-15-20-31(39)21-18-19-22-32-28-30(27-29(2)38)37(42)43-32/h12-13,30,32-36,40-41H,3-11,14-28H2,1-2H3/b13-12-. The van der Waals surface area contributed by atoms with Crippen LogP contribution in [0.1, 0.15) is 168 Å². The van der Waals surface area contributed by atoms with Gasteiger partial charge in [0.1, 0.15) is 17.7 Å².